The van der Waals surface area contributed by atoms with E-state index in [0.29, 0.717) is 0 Å². The Morgan fingerprint density at radius 1 is 1.11 bits per heavy atom. The molecule has 1 heterocycles. The summed E-state index contributed by atoms with van der Waals surface area (Å²) in [5.41, 5.74) is 0. The molecule has 18 heavy (non-hydrogen) atoms. The summed E-state index contributed by atoms with van der Waals surface area (Å²) in [7, 11) is -7.45. The van der Waals surface area contributed by atoms with Crippen LogP contribution in [0.3, 0.4) is 0 Å². The van der Waals surface area contributed by atoms with Crippen molar-refractivity contribution < 1.29 is 12.5 Å². The highest BCUT2D eigenvalue weighted by molar-refractivity contribution is 7.93. The fourth-order valence-corrected chi connectivity index (χ4v) is 13.8. The Kier molecular flexibility index (Phi) is 4.47. The number of hydrogen-bond acceptors (Lipinski definition) is 5. The lowest BCUT2D eigenvalue weighted by Gasteiger charge is -2.30. The van der Waals surface area contributed by atoms with Crippen LogP contribution in [0.5, 0.6) is 0 Å². The van der Waals surface area contributed by atoms with E-state index in [4.69, 9.17) is 4.12 Å². The van der Waals surface area contributed by atoms with E-state index in [-0.39, 0.29) is 10.5 Å². The number of rotatable bonds is 5. The summed E-state index contributed by atoms with van der Waals surface area (Å²) in [6, 6.07) is 1.60. The van der Waals surface area contributed by atoms with E-state index < -0.39 is 26.5 Å². The molecule has 102 valence electrons. The summed E-state index contributed by atoms with van der Waals surface area (Å²) in [5.74, 6) is 0. The van der Waals surface area contributed by atoms with E-state index >= 15 is 0 Å². The fourth-order valence-electron chi connectivity index (χ4n) is 1.83. The largest absolute Gasteiger partial charge is 0.455 e. The molecule has 0 saturated carbocycles. The van der Waals surface area contributed by atoms with Gasteiger partial charge in [-0.15, -0.1) is 0 Å². The highest BCUT2D eigenvalue weighted by atomic mass is 32.2. The lowest BCUT2D eigenvalue weighted by molar-refractivity contribution is 0.550. The van der Waals surface area contributed by atoms with E-state index in [9.17, 15) is 8.42 Å². The molecule has 0 atom stereocenters. The van der Waals surface area contributed by atoms with Gasteiger partial charge in [-0.3, -0.25) is 0 Å². The molecule has 5 nitrogen and oxygen atoms in total. The van der Waals surface area contributed by atoms with Gasteiger partial charge in [0.15, 0.2) is 16.6 Å². The maximum atomic E-state index is 12.2. The zero-order valence-electron chi connectivity index (χ0n) is 11.5. The summed E-state index contributed by atoms with van der Waals surface area (Å²) in [5, 5.41) is -0.0846. The Morgan fingerprint density at radius 2 is 1.61 bits per heavy atom. The maximum Gasteiger partial charge on any atom is 0.246 e. The van der Waals surface area contributed by atoms with Crippen LogP contribution in [-0.4, -0.2) is 40.4 Å². The Balaban J connectivity index is 2.90. The first-order valence-electron chi connectivity index (χ1n) is 5.72. The normalized spacial score (nSPS) is 13.6. The number of aromatic nitrogens is 2. The van der Waals surface area contributed by atoms with Crippen molar-refractivity contribution in [1.29, 1.82) is 0 Å². The zero-order chi connectivity index (χ0) is 14.0. The van der Waals surface area contributed by atoms with E-state index in [2.05, 4.69) is 29.6 Å². The molecule has 8 heteroatoms. The van der Waals surface area contributed by atoms with Crippen LogP contribution in [0.2, 0.25) is 32.7 Å². The van der Waals surface area contributed by atoms with Crippen LogP contribution in [0.25, 0.3) is 0 Å². The van der Waals surface area contributed by atoms with Crippen molar-refractivity contribution in [3.8, 4) is 0 Å². The van der Waals surface area contributed by atoms with Crippen LogP contribution in [0.4, 0.5) is 0 Å². The number of sulfone groups is 1. The first kappa shape index (κ1) is 15.5. The smallest absolute Gasteiger partial charge is 0.246 e. The van der Waals surface area contributed by atoms with Crippen LogP contribution >= 0.6 is 0 Å². The van der Waals surface area contributed by atoms with Gasteiger partial charge in [-0.2, -0.15) is 0 Å². The van der Waals surface area contributed by atoms with Crippen LogP contribution < -0.4 is 0 Å². The number of nitrogens with zero attached hydrogens (tertiary/aromatic N) is 2. The third kappa shape index (κ3) is 4.96. The standard InChI is InChI=1S/C10H20N2O3SSi2/c1-17(2,3)15-18(4,5)9-16(13,14)10-11-7-6-8-12-10/h6-8H,9H2,1-5H3. The van der Waals surface area contributed by atoms with Crippen molar-refractivity contribution in [3.05, 3.63) is 18.5 Å². The van der Waals surface area contributed by atoms with Gasteiger partial charge in [0.1, 0.15) is 0 Å². The molecular formula is C10H20N2O3SSi2. The first-order valence-corrected chi connectivity index (χ1v) is 13.9. The van der Waals surface area contributed by atoms with Gasteiger partial charge in [-0.25, -0.2) is 18.4 Å². The van der Waals surface area contributed by atoms with E-state index in [1.54, 1.807) is 6.07 Å². The Morgan fingerprint density at radius 3 is 2.06 bits per heavy atom. The summed E-state index contributed by atoms with van der Waals surface area (Å²) in [6.07, 6.45) is 2.88. The van der Waals surface area contributed by atoms with E-state index in [0.717, 1.165) is 0 Å². The second-order valence-corrected chi connectivity index (χ2v) is 17.1. The molecule has 1 aromatic heterocycles. The van der Waals surface area contributed by atoms with Crippen molar-refractivity contribution in [2.45, 2.75) is 37.9 Å². The van der Waals surface area contributed by atoms with Gasteiger partial charge in [0, 0.05) is 12.4 Å². The van der Waals surface area contributed by atoms with Gasteiger partial charge in [0.2, 0.25) is 15.0 Å². The minimum absolute atomic E-state index is 0.0221. The molecule has 0 amide bonds. The van der Waals surface area contributed by atoms with Crippen molar-refractivity contribution in [2.24, 2.45) is 0 Å². The molecule has 0 aliphatic rings. The first-order chi connectivity index (χ1) is 8.02. The highest BCUT2D eigenvalue weighted by Crippen LogP contribution is 2.18. The van der Waals surface area contributed by atoms with Crippen molar-refractivity contribution in [3.63, 3.8) is 0 Å². The van der Waals surface area contributed by atoms with Crippen molar-refractivity contribution in [2.75, 3.05) is 5.38 Å². The molecule has 0 aliphatic carbocycles. The Bertz CT molecular complexity index is 498. The van der Waals surface area contributed by atoms with Gasteiger partial charge < -0.3 is 4.12 Å². The SMILES string of the molecule is C[Si](C)(C)O[Si](C)(C)CS(=O)(=O)c1ncccn1. The quantitative estimate of drug-likeness (QED) is 0.613. The maximum absolute atomic E-state index is 12.2. The predicted octanol–water partition coefficient (Wildman–Crippen LogP) is 1.85. The van der Waals surface area contributed by atoms with Crippen LogP contribution in [0.15, 0.2) is 23.6 Å². The lowest BCUT2D eigenvalue weighted by Crippen LogP contribution is -2.47. The summed E-state index contributed by atoms with van der Waals surface area (Å²) in [6.45, 7) is 10.0. The summed E-state index contributed by atoms with van der Waals surface area (Å²) >= 11 is 0. The third-order valence-electron chi connectivity index (χ3n) is 1.94. The minimum atomic E-state index is -3.45. The molecule has 0 bridgehead atoms. The molecule has 0 aromatic carbocycles. The van der Waals surface area contributed by atoms with E-state index in [1.165, 1.54) is 12.4 Å². The molecule has 0 fully saturated rings. The second kappa shape index (κ2) is 5.20. The predicted molar refractivity (Wildman–Crippen MR) is 76.0 cm³/mol. The van der Waals surface area contributed by atoms with Gasteiger partial charge in [0.25, 0.3) is 0 Å². The second-order valence-electron chi connectivity index (χ2n) is 5.76. The van der Waals surface area contributed by atoms with Crippen molar-refractivity contribution >= 4 is 26.5 Å². The van der Waals surface area contributed by atoms with E-state index in [1.807, 2.05) is 13.1 Å². The molecule has 0 N–H and O–H groups in total. The minimum Gasteiger partial charge on any atom is -0.455 e. The number of hydrogen-bond donors (Lipinski definition) is 0. The molecule has 1 rings (SSSR count). The van der Waals surface area contributed by atoms with Crippen LogP contribution in [0.1, 0.15) is 0 Å². The average Bonchev–Trinajstić information content (AvgIpc) is 2.13. The summed E-state index contributed by atoms with van der Waals surface area (Å²) < 4.78 is 30.4. The average molecular weight is 305 g/mol. The molecule has 0 saturated heterocycles. The van der Waals surface area contributed by atoms with Gasteiger partial charge in [0.05, 0.1) is 5.38 Å². The molecule has 0 radical (unpaired) electrons. The van der Waals surface area contributed by atoms with Gasteiger partial charge >= 0.3 is 0 Å². The fraction of sp³-hybridized carbons (Fsp3) is 0.600. The molecular weight excluding hydrogens is 284 g/mol. The molecule has 0 unspecified atom stereocenters. The summed E-state index contributed by atoms with van der Waals surface area (Å²) in [4.78, 5) is 7.62. The highest BCUT2D eigenvalue weighted by Gasteiger charge is 2.36. The van der Waals surface area contributed by atoms with Crippen LogP contribution in [0, 0.1) is 0 Å². The van der Waals surface area contributed by atoms with Gasteiger partial charge in [-0.1, -0.05) is 0 Å². The molecule has 1 aromatic rings. The van der Waals surface area contributed by atoms with Crippen molar-refractivity contribution in [1.82, 2.24) is 9.97 Å². The molecule has 0 aliphatic heterocycles. The van der Waals surface area contributed by atoms with Crippen LogP contribution in [-0.2, 0) is 14.0 Å². The Labute approximate surface area is 111 Å². The third-order valence-corrected chi connectivity index (χ3v) is 11.7. The molecule has 0 spiro atoms. The topological polar surface area (TPSA) is 69.2 Å². The van der Waals surface area contributed by atoms with Gasteiger partial charge in [-0.05, 0) is 38.8 Å². The Hall–Kier alpha value is -0.576. The monoisotopic (exact) mass is 304 g/mol. The zero-order valence-corrected chi connectivity index (χ0v) is 14.3. The lowest BCUT2D eigenvalue weighted by atomic mass is 10.7.